The number of piperidine rings is 1. The van der Waals surface area contributed by atoms with E-state index in [0.29, 0.717) is 43.7 Å². The van der Waals surface area contributed by atoms with Gasteiger partial charge in [0, 0.05) is 32.2 Å². The van der Waals surface area contributed by atoms with Gasteiger partial charge in [-0.2, -0.15) is 4.31 Å². The summed E-state index contributed by atoms with van der Waals surface area (Å²) in [6.07, 6.45) is 4.66. The topological polar surface area (TPSA) is 60.9 Å². The van der Waals surface area contributed by atoms with Crippen molar-refractivity contribution >= 4 is 15.9 Å². The van der Waals surface area contributed by atoms with Crippen molar-refractivity contribution in [2.24, 2.45) is 0 Å². The highest BCUT2D eigenvalue weighted by Gasteiger charge is 2.31. The maximum absolute atomic E-state index is 12.8. The maximum atomic E-state index is 12.8. The van der Waals surface area contributed by atoms with Gasteiger partial charge >= 0.3 is 0 Å². The molecule has 0 aromatic heterocycles. The summed E-state index contributed by atoms with van der Waals surface area (Å²) in [5.74, 6) is 0.128. The molecule has 0 bridgehead atoms. The zero-order valence-corrected chi connectivity index (χ0v) is 17.2. The molecule has 1 aromatic carbocycles. The van der Waals surface area contributed by atoms with Crippen LogP contribution in [0.4, 0.5) is 0 Å². The maximum Gasteiger partial charge on any atom is 0.243 e. The van der Waals surface area contributed by atoms with Gasteiger partial charge in [0.05, 0.1) is 11.4 Å². The van der Waals surface area contributed by atoms with Gasteiger partial charge in [-0.25, -0.2) is 8.42 Å². The Kier molecular flexibility index (Phi) is 6.55. The molecule has 27 heavy (non-hydrogen) atoms. The highest BCUT2D eigenvalue weighted by atomic mass is 32.2. The molecule has 150 valence electrons. The molecule has 0 N–H and O–H groups in total. The molecular weight excluding hydrogens is 362 g/mol. The first-order valence-electron chi connectivity index (χ1n) is 10.0. The number of aryl methyl sites for hydroxylation is 1. The van der Waals surface area contributed by atoms with Crippen LogP contribution < -0.4 is 0 Å². The fourth-order valence-electron chi connectivity index (χ4n) is 4.04. The van der Waals surface area contributed by atoms with Crippen LogP contribution in [0.2, 0.25) is 0 Å². The summed E-state index contributed by atoms with van der Waals surface area (Å²) in [7, 11) is -3.48. The summed E-state index contributed by atoms with van der Waals surface area (Å²) in [6, 6.07) is 7.45. The SMILES string of the molecule is CC[C@H]1CCCCN1CC(=O)N1CCN(S(=O)(=O)c2ccc(C)cc2)CC1. The van der Waals surface area contributed by atoms with E-state index in [2.05, 4.69) is 11.8 Å². The second-order valence-corrected chi connectivity index (χ2v) is 9.56. The molecule has 7 heteroatoms. The number of hydrogen-bond donors (Lipinski definition) is 0. The van der Waals surface area contributed by atoms with E-state index in [4.69, 9.17) is 0 Å². The average Bonchev–Trinajstić information content (AvgIpc) is 2.69. The molecule has 0 saturated carbocycles. The van der Waals surface area contributed by atoms with E-state index in [1.165, 1.54) is 17.1 Å². The third kappa shape index (κ3) is 4.70. The van der Waals surface area contributed by atoms with Crippen molar-refractivity contribution in [3.05, 3.63) is 29.8 Å². The molecule has 2 aliphatic rings. The fraction of sp³-hybridized carbons (Fsp3) is 0.650. The number of nitrogens with zero attached hydrogens (tertiary/aromatic N) is 3. The predicted octanol–water partition coefficient (Wildman–Crippen LogP) is 2.09. The molecule has 1 aromatic rings. The third-order valence-corrected chi connectivity index (χ3v) is 7.72. The van der Waals surface area contributed by atoms with Gasteiger partial charge in [0.15, 0.2) is 0 Å². The summed E-state index contributed by atoms with van der Waals surface area (Å²) in [5.41, 5.74) is 1.03. The molecule has 2 fully saturated rings. The summed E-state index contributed by atoms with van der Waals surface area (Å²) in [4.78, 5) is 17.2. The minimum absolute atomic E-state index is 0.128. The van der Waals surface area contributed by atoms with Crippen LogP contribution in [0, 0.1) is 6.92 Å². The first-order valence-corrected chi connectivity index (χ1v) is 11.4. The van der Waals surface area contributed by atoms with Crippen LogP contribution in [0.5, 0.6) is 0 Å². The number of carbonyl (C=O) groups excluding carboxylic acids is 1. The van der Waals surface area contributed by atoms with Crippen LogP contribution in [-0.4, -0.2) is 73.7 Å². The Bertz CT molecular complexity index is 740. The molecule has 1 atom stereocenters. The van der Waals surface area contributed by atoms with Gasteiger partial charge in [-0.3, -0.25) is 9.69 Å². The van der Waals surface area contributed by atoms with Gasteiger partial charge in [-0.15, -0.1) is 0 Å². The van der Waals surface area contributed by atoms with Crippen LogP contribution in [0.15, 0.2) is 29.2 Å². The fourth-order valence-corrected chi connectivity index (χ4v) is 5.46. The number of amides is 1. The third-order valence-electron chi connectivity index (χ3n) is 5.81. The van der Waals surface area contributed by atoms with Crippen molar-refractivity contribution in [3.8, 4) is 0 Å². The summed E-state index contributed by atoms with van der Waals surface area (Å²) in [6.45, 7) is 7.23. The number of piperazine rings is 1. The zero-order chi connectivity index (χ0) is 19.4. The van der Waals surface area contributed by atoms with Crippen LogP contribution in [0.1, 0.15) is 38.2 Å². The molecule has 2 heterocycles. The van der Waals surface area contributed by atoms with Gasteiger partial charge < -0.3 is 4.90 Å². The molecule has 0 radical (unpaired) electrons. The Morgan fingerprint density at radius 3 is 2.33 bits per heavy atom. The highest BCUT2D eigenvalue weighted by molar-refractivity contribution is 7.89. The number of likely N-dealkylation sites (tertiary alicyclic amines) is 1. The highest BCUT2D eigenvalue weighted by Crippen LogP contribution is 2.21. The average molecular weight is 394 g/mol. The van der Waals surface area contributed by atoms with Crippen molar-refractivity contribution in [1.29, 1.82) is 0 Å². The van der Waals surface area contributed by atoms with Crippen molar-refractivity contribution in [2.75, 3.05) is 39.3 Å². The number of benzene rings is 1. The molecule has 0 unspecified atom stereocenters. The van der Waals surface area contributed by atoms with Gasteiger partial charge in [0.2, 0.25) is 15.9 Å². The predicted molar refractivity (Wildman–Crippen MR) is 106 cm³/mol. The monoisotopic (exact) mass is 393 g/mol. The Morgan fingerprint density at radius 1 is 1.04 bits per heavy atom. The van der Waals surface area contributed by atoms with E-state index in [1.807, 2.05) is 24.0 Å². The number of sulfonamides is 1. The van der Waals surface area contributed by atoms with Gasteiger partial charge in [-0.1, -0.05) is 31.0 Å². The van der Waals surface area contributed by atoms with E-state index in [1.54, 1.807) is 12.1 Å². The minimum atomic E-state index is -3.48. The van der Waals surface area contributed by atoms with Crippen molar-refractivity contribution < 1.29 is 13.2 Å². The van der Waals surface area contributed by atoms with Crippen LogP contribution >= 0.6 is 0 Å². The Labute approximate surface area is 163 Å². The zero-order valence-electron chi connectivity index (χ0n) is 16.4. The quantitative estimate of drug-likeness (QED) is 0.769. The molecule has 1 amide bonds. The lowest BCUT2D eigenvalue weighted by molar-refractivity contribution is -0.134. The molecule has 6 nitrogen and oxygen atoms in total. The summed E-state index contributed by atoms with van der Waals surface area (Å²) in [5, 5.41) is 0. The smallest absolute Gasteiger partial charge is 0.243 e. The van der Waals surface area contributed by atoms with Gasteiger partial charge in [0.1, 0.15) is 0 Å². The van der Waals surface area contributed by atoms with E-state index < -0.39 is 10.0 Å². The molecular formula is C20H31N3O3S. The molecule has 2 aliphatic heterocycles. The lowest BCUT2D eigenvalue weighted by Crippen LogP contribution is -2.53. The Hall–Kier alpha value is -1.44. The second-order valence-electron chi connectivity index (χ2n) is 7.63. The van der Waals surface area contributed by atoms with Crippen molar-refractivity contribution in [3.63, 3.8) is 0 Å². The minimum Gasteiger partial charge on any atom is -0.339 e. The number of carbonyl (C=O) groups is 1. The number of rotatable bonds is 5. The first kappa shape index (κ1) is 20.3. The van der Waals surface area contributed by atoms with E-state index >= 15 is 0 Å². The Morgan fingerprint density at radius 2 is 1.70 bits per heavy atom. The summed E-state index contributed by atoms with van der Waals surface area (Å²) < 4.78 is 27.1. The normalized spacial score (nSPS) is 22.7. The van der Waals surface area contributed by atoms with Gasteiger partial charge in [0.25, 0.3) is 0 Å². The standard InChI is InChI=1S/C20H31N3O3S/c1-3-18-6-4-5-11-22(18)16-20(24)21-12-14-23(15-13-21)27(25,26)19-9-7-17(2)8-10-19/h7-10,18H,3-6,11-16H2,1-2H3/t18-/m0/s1. The van der Waals surface area contributed by atoms with Crippen molar-refractivity contribution in [2.45, 2.75) is 50.5 Å². The molecule has 0 spiro atoms. The lowest BCUT2D eigenvalue weighted by Gasteiger charge is -2.38. The first-order chi connectivity index (χ1) is 12.9. The van der Waals surface area contributed by atoms with E-state index in [-0.39, 0.29) is 5.91 Å². The molecule has 0 aliphatic carbocycles. The second kappa shape index (κ2) is 8.71. The van der Waals surface area contributed by atoms with Crippen LogP contribution in [0.3, 0.4) is 0 Å². The lowest BCUT2D eigenvalue weighted by atomic mass is 10.00. The Balaban J connectivity index is 1.56. The van der Waals surface area contributed by atoms with E-state index in [9.17, 15) is 13.2 Å². The van der Waals surface area contributed by atoms with E-state index in [0.717, 1.165) is 24.9 Å². The molecule has 3 rings (SSSR count). The molecule has 2 saturated heterocycles. The van der Waals surface area contributed by atoms with Gasteiger partial charge in [-0.05, 0) is 44.9 Å². The van der Waals surface area contributed by atoms with Crippen molar-refractivity contribution in [1.82, 2.24) is 14.1 Å². The van der Waals surface area contributed by atoms with Crippen LogP contribution in [-0.2, 0) is 14.8 Å². The van der Waals surface area contributed by atoms with Crippen LogP contribution in [0.25, 0.3) is 0 Å². The summed E-state index contributed by atoms with van der Waals surface area (Å²) >= 11 is 0. The number of hydrogen-bond acceptors (Lipinski definition) is 4. The largest absolute Gasteiger partial charge is 0.339 e.